The summed E-state index contributed by atoms with van der Waals surface area (Å²) in [6.45, 7) is 2.52. The highest BCUT2D eigenvalue weighted by atomic mass is 79.9. The fourth-order valence-corrected chi connectivity index (χ4v) is 3.62. The van der Waals surface area contributed by atoms with E-state index in [1.807, 2.05) is 6.92 Å². The summed E-state index contributed by atoms with van der Waals surface area (Å²) in [5, 5.41) is 4.03. The molecule has 3 aromatic carbocycles. The van der Waals surface area contributed by atoms with Crippen LogP contribution in [0.1, 0.15) is 28.4 Å². The Morgan fingerprint density at radius 1 is 1.03 bits per heavy atom. The number of hydrogen-bond donors (Lipinski definition) is 1. The molecule has 0 fully saturated rings. The van der Waals surface area contributed by atoms with Gasteiger partial charge in [0.15, 0.2) is 23.0 Å². The second kappa shape index (κ2) is 12.0. The third-order valence-corrected chi connectivity index (χ3v) is 5.22. The number of ether oxygens (including phenoxy) is 4. The summed E-state index contributed by atoms with van der Waals surface area (Å²) in [5.41, 5.74) is 4.20. The summed E-state index contributed by atoms with van der Waals surface area (Å²) in [6, 6.07) is 14.5. The zero-order valence-corrected chi connectivity index (χ0v) is 20.5. The zero-order chi connectivity index (χ0) is 24.5. The quantitative estimate of drug-likeness (QED) is 0.282. The lowest BCUT2D eigenvalue weighted by molar-refractivity contribution is 0.0954. The normalized spacial score (nSPS) is 10.7. The van der Waals surface area contributed by atoms with Crippen LogP contribution in [0.4, 0.5) is 4.39 Å². The third kappa shape index (κ3) is 6.48. The van der Waals surface area contributed by atoms with E-state index in [1.54, 1.807) is 42.5 Å². The van der Waals surface area contributed by atoms with Crippen molar-refractivity contribution in [2.75, 3.05) is 20.8 Å². The zero-order valence-electron chi connectivity index (χ0n) is 18.9. The Morgan fingerprint density at radius 2 is 1.82 bits per heavy atom. The lowest BCUT2D eigenvalue weighted by Crippen LogP contribution is -2.17. The summed E-state index contributed by atoms with van der Waals surface area (Å²) in [4.78, 5) is 12.5. The molecule has 1 amide bonds. The number of amides is 1. The van der Waals surface area contributed by atoms with E-state index in [0.717, 1.165) is 0 Å². The molecule has 3 aromatic rings. The molecule has 0 atom stereocenters. The minimum Gasteiger partial charge on any atom is -0.493 e. The number of methoxy groups -OCH3 is 2. The number of halogens is 2. The number of benzene rings is 3. The van der Waals surface area contributed by atoms with E-state index in [0.29, 0.717) is 50.8 Å². The topological polar surface area (TPSA) is 78.4 Å². The largest absolute Gasteiger partial charge is 0.493 e. The molecule has 178 valence electrons. The van der Waals surface area contributed by atoms with Crippen molar-refractivity contribution in [2.45, 2.75) is 13.5 Å². The van der Waals surface area contributed by atoms with Crippen LogP contribution < -0.4 is 24.4 Å². The molecule has 0 heterocycles. The van der Waals surface area contributed by atoms with Gasteiger partial charge in [0.2, 0.25) is 0 Å². The number of rotatable bonds is 10. The number of hydrazone groups is 1. The minimum atomic E-state index is -0.404. The van der Waals surface area contributed by atoms with Crippen molar-refractivity contribution < 1.29 is 28.1 Å². The van der Waals surface area contributed by atoms with Crippen LogP contribution in [0.5, 0.6) is 23.0 Å². The molecule has 0 saturated carbocycles. The third-order valence-electron chi connectivity index (χ3n) is 4.63. The van der Waals surface area contributed by atoms with E-state index in [-0.39, 0.29) is 12.4 Å². The van der Waals surface area contributed by atoms with E-state index >= 15 is 0 Å². The van der Waals surface area contributed by atoms with Gasteiger partial charge in [-0.15, -0.1) is 0 Å². The first-order valence-corrected chi connectivity index (χ1v) is 11.1. The molecule has 9 heteroatoms. The SMILES string of the molecule is CCOc1ccc(C(=O)N/N=C/c2cc(Br)c(OCc3cccc(F)c3)c(OC)c2)cc1OC. The summed E-state index contributed by atoms with van der Waals surface area (Å²) in [6.07, 6.45) is 1.48. The molecule has 0 aliphatic heterocycles. The molecule has 7 nitrogen and oxygen atoms in total. The number of carbonyl (C=O) groups excluding carboxylic acids is 1. The first-order valence-electron chi connectivity index (χ1n) is 10.3. The smallest absolute Gasteiger partial charge is 0.271 e. The molecule has 0 bridgehead atoms. The summed E-state index contributed by atoms with van der Waals surface area (Å²) in [7, 11) is 3.02. The Hall–Kier alpha value is -3.59. The van der Waals surface area contributed by atoms with E-state index < -0.39 is 5.91 Å². The van der Waals surface area contributed by atoms with Crippen LogP contribution >= 0.6 is 15.9 Å². The predicted molar refractivity (Wildman–Crippen MR) is 131 cm³/mol. The van der Waals surface area contributed by atoms with Crippen LogP contribution in [0.15, 0.2) is 64.2 Å². The first kappa shape index (κ1) is 25.0. The van der Waals surface area contributed by atoms with Crippen LogP contribution in [0.3, 0.4) is 0 Å². The van der Waals surface area contributed by atoms with Gasteiger partial charge < -0.3 is 18.9 Å². The number of hydrogen-bond acceptors (Lipinski definition) is 6. The Labute approximate surface area is 205 Å². The fourth-order valence-electron chi connectivity index (χ4n) is 3.05. The van der Waals surface area contributed by atoms with Gasteiger partial charge in [0.05, 0.1) is 31.5 Å². The molecular weight excluding hydrogens is 507 g/mol. The molecule has 0 unspecified atom stereocenters. The highest BCUT2D eigenvalue weighted by Gasteiger charge is 2.13. The van der Waals surface area contributed by atoms with Gasteiger partial charge in [-0.1, -0.05) is 12.1 Å². The molecule has 0 spiro atoms. The van der Waals surface area contributed by atoms with Gasteiger partial charge in [-0.05, 0) is 76.4 Å². The van der Waals surface area contributed by atoms with Gasteiger partial charge >= 0.3 is 0 Å². The molecule has 1 N–H and O–H groups in total. The number of nitrogens with one attached hydrogen (secondary N) is 1. The van der Waals surface area contributed by atoms with Crippen molar-refractivity contribution in [3.63, 3.8) is 0 Å². The van der Waals surface area contributed by atoms with Crippen LogP contribution in [0.25, 0.3) is 0 Å². The monoisotopic (exact) mass is 530 g/mol. The average Bonchev–Trinajstić information content (AvgIpc) is 2.83. The van der Waals surface area contributed by atoms with Crippen LogP contribution in [0, 0.1) is 5.82 Å². The Bertz CT molecular complexity index is 1190. The summed E-state index contributed by atoms with van der Waals surface area (Å²) in [5.74, 6) is 1.20. The molecule has 0 saturated heterocycles. The van der Waals surface area contributed by atoms with E-state index in [1.165, 1.54) is 32.6 Å². The number of carbonyl (C=O) groups is 1. The molecule has 3 rings (SSSR count). The fraction of sp³-hybridized carbons (Fsp3) is 0.200. The Kier molecular flexibility index (Phi) is 8.86. The lowest BCUT2D eigenvalue weighted by Gasteiger charge is -2.13. The molecule has 0 aliphatic rings. The van der Waals surface area contributed by atoms with Crippen LogP contribution in [-0.2, 0) is 6.61 Å². The van der Waals surface area contributed by atoms with E-state index in [4.69, 9.17) is 18.9 Å². The Balaban J connectivity index is 1.68. The van der Waals surface area contributed by atoms with E-state index in [2.05, 4.69) is 26.5 Å². The average molecular weight is 531 g/mol. The molecular formula is C25H24BrFN2O5. The van der Waals surface area contributed by atoms with Gasteiger partial charge in [-0.3, -0.25) is 4.79 Å². The maximum absolute atomic E-state index is 13.4. The standard InChI is InChI=1S/C25H24BrFN2O5/c1-4-33-21-9-8-18(13-22(21)31-2)25(30)29-28-14-17-11-20(26)24(23(12-17)32-3)34-15-16-6-5-7-19(27)10-16/h5-14H,4,15H2,1-3H3,(H,29,30)/b28-14+. The van der Waals surface area contributed by atoms with Gasteiger partial charge in [0.25, 0.3) is 5.91 Å². The van der Waals surface area contributed by atoms with Crippen molar-refractivity contribution in [1.29, 1.82) is 0 Å². The highest BCUT2D eigenvalue weighted by Crippen LogP contribution is 2.37. The van der Waals surface area contributed by atoms with Gasteiger partial charge in [0.1, 0.15) is 12.4 Å². The second-order valence-electron chi connectivity index (χ2n) is 6.95. The minimum absolute atomic E-state index is 0.168. The Morgan fingerprint density at radius 3 is 2.53 bits per heavy atom. The van der Waals surface area contributed by atoms with Crippen molar-refractivity contribution in [3.05, 3.63) is 81.6 Å². The first-order chi connectivity index (χ1) is 16.4. The predicted octanol–water partition coefficient (Wildman–Crippen LogP) is 5.35. The highest BCUT2D eigenvalue weighted by molar-refractivity contribution is 9.10. The maximum Gasteiger partial charge on any atom is 0.271 e. The van der Waals surface area contributed by atoms with Crippen molar-refractivity contribution in [2.24, 2.45) is 5.10 Å². The van der Waals surface area contributed by atoms with Gasteiger partial charge in [-0.2, -0.15) is 5.10 Å². The van der Waals surface area contributed by atoms with Crippen LogP contribution in [-0.4, -0.2) is 32.9 Å². The van der Waals surface area contributed by atoms with Crippen LogP contribution in [0.2, 0.25) is 0 Å². The molecule has 0 radical (unpaired) electrons. The molecule has 34 heavy (non-hydrogen) atoms. The van der Waals surface area contributed by atoms with Gasteiger partial charge in [0, 0.05) is 5.56 Å². The molecule has 0 aromatic heterocycles. The summed E-state index contributed by atoms with van der Waals surface area (Å²) < 4.78 is 36.0. The van der Waals surface area contributed by atoms with Crippen molar-refractivity contribution in [1.82, 2.24) is 5.43 Å². The number of nitrogens with zero attached hydrogens (tertiary/aromatic N) is 1. The second-order valence-corrected chi connectivity index (χ2v) is 7.80. The maximum atomic E-state index is 13.4. The summed E-state index contributed by atoms with van der Waals surface area (Å²) >= 11 is 3.47. The van der Waals surface area contributed by atoms with Crippen molar-refractivity contribution >= 4 is 28.1 Å². The van der Waals surface area contributed by atoms with Gasteiger partial charge in [-0.25, -0.2) is 9.82 Å². The van der Waals surface area contributed by atoms with E-state index in [9.17, 15) is 9.18 Å². The molecule has 0 aliphatic carbocycles. The van der Waals surface area contributed by atoms with Crippen molar-refractivity contribution in [3.8, 4) is 23.0 Å². The lowest BCUT2D eigenvalue weighted by atomic mass is 10.2.